The van der Waals surface area contributed by atoms with Crippen LogP contribution in [0.25, 0.3) is 10.9 Å². The van der Waals surface area contributed by atoms with Crippen molar-refractivity contribution in [3.63, 3.8) is 0 Å². The number of hydrogen-bond acceptors (Lipinski definition) is 1. The Balaban J connectivity index is 2.11. The van der Waals surface area contributed by atoms with Crippen LogP contribution in [0.3, 0.4) is 0 Å². The number of para-hydroxylation sites is 1. The smallest absolute Gasteiger partial charge is 0.0705 e. The quantitative estimate of drug-likeness (QED) is 0.704. The second kappa shape index (κ2) is 3.06. The summed E-state index contributed by atoms with van der Waals surface area (Å²) < 4.78 is 0. The molecule has 1 aromatic carbocycles. The van der Waals surface area contributed by atoms with Crippen LogP contribution < -0.4 is 0 Å². The van der Waals surface area contributed by atoms with E-state index in [1.54, 1.807) is 0 Å². The summed E-state index contributed by atoms with van der Waals surface area (Å²) >= 11 is 3.61. The van der Waals surface area contributed by atoms with Crippen LogP contribution in [0.4, 0.5) is 0 Å². The molecule has 1 heterocycles. The Morgan fingerprint density at radius 2 is 1.93 bits per heavy atom. The van der Waals surface area contributed by atoms with E-state index in [1.165, 1.54) is 17.5 Å². The zero-order valence-electron chi connectivity index (χ0n) is 7.65. The third-order valence-corrected chi connectivity index (χ3v) is 3.72. The van der Waals surface area contributed by atoms with Gasteiger partial charge in [-0.2, -0.15) is 0 Å². The van der Waals surface area contributed by atoms with Gasteiger partial charge in [0.05, 0.1) is 5.52 Å². The molecule has 0 N–H and O–H groups in total. The molecule has 0 radical (unpaired) electrons. The van der Waals surface area contributed by atoms with E-state index in [2.05, 4.69) is 45.2 Å². The molecule has 0 spiro atoms. The Hall–Kier alpha value is -0.890. The van der Waals surface area contributed by atoms with E-state index in [0.717, 1.165) is 5.52 Å². The highest BCUT2D eigenvalue weighted by Gasteiger charge is 2.37. The first kappa shape index (κ1) is 8.42. The van der Waals surface area contributed by atoms with Gasteiger partial charge in [0.1, 0.15) is 0 Å². The molecule has 70 valence electrons. The molecule has 1 nitrogen and oxygen atoms in total. The van der Waals surface area contributed by atoms with E-state index >= 15 is 0 Å². The van der Waals surface area contributed by atoms with E-state index in [0.29, 0.717) is 10.7 Å². The molecule has 0 aliphatic heterocycles. The van der Waals surface area contributed by atoms with Gasteiger partial charge in [-0.25, -0.2) is 0 Å². The molecular formula is C12H10BrN. The summed E-state index contributed by atoms with van der Waals surface area (Å²) in [7, 11) is 0. The molecule has 1 fully saturated rings. The van der Waals surface area contributed by atoms with Crippen LogP contribution in [0.15, 0.2) is 36.4 Å². The number of fused-ring (bicyclic) bond motifs is 1. The number of halogens is 1. The lowest BCUT2D eigenvalue weighted by Gasteiger charge is -2.00. The summed E-state index contributed by atoms with van der Waals surface area (Å²) in [6.45, 7) is 0. The first-order valence-corrected chi connectivity index (χ1v) is 5.76. The van der Waals surface area contributed by atoms with Gasteiger partial charge in [-0.1, -0.05) is 40.2 Å². The minimum atomic E-state index is 0.639. The normalized spacial score (nSPS) is 25.2. The molecule has 3 rings (SSSR count). The molecule has 2 aromatic rings. The van der Waals surface area contributed by atoms with Crippen molar-refractivity contribution in [2.75, 3.05) is 0 Å². The maximum atomic E-state index is 4.66. The number of rotatable bonds is 1. The first-order valence-electron chi connectivity index (χ1n) is 4.84. The maximum absolute atomic E-state index is 4.66. The van der Waals surface area contributed by atoms with Crippen molar-refractivity contribution in [1.29, 1.82) is 0 Å². The van der Waals surface area contributed by atoms with Gasteiger partial charge in [-0.15, -0.1) is 0 Å². The molecule has 2 unspecified atom stereocenters. The Morgan fingerprint density at radius 1 is 1.14 bits per heavy atom. The number of nitrogens with zero attached hydrogens (tertiary/aromatic N) is 1. The molecule has 0 saturated heterocycles. The molecule has 0 bridgehead atoms. The average molecular weight is 248 g/mol. The van der Waals surface area contributed by atoms with Gasteiger partial charge in [0.25, 0.3) is 0 Å². The number of hydrogen-bond donors (Lipinski definition) is 0. The molecule has 2 atom stereocenters. The predicted molar refractivity (Wildman–Crippen MR) is 61.8 cm³/mol. The zero-order chi connectivity index (χ0) is 9.54. The second-order valence-electron chi connectivity index (χ2n) is 3.79. The van der Waals surface area contributed by atoms with E-state index in [1.807, 2.05) is 12.1 Å². The molecule has 0 amide bonds. The van der Waals surface area contributed by atoms with Crippen molar-refractivity contribution >= 4 is 26.8 Å². The summed E-state index contributed by atoms with van der Waals surface area (Å²) in [6, 6.07) is 12.6. The van der Waals surface area contributed by atoms with Crippen LogP contribution in [0.1, 0.15) is 18.0 Å². The van der Waals surface area contributed by atoms with Crippen molar-refractivity contribution < 1.29 is 0 Å². The number of pyridine rings is 1. The van der Waals surface area contributed by atoms with Gasteiger partial charge in [0, 0.05) is 21.8 Å². The summed E-state index contributed by atoms with van der Waals surface area (Å²) in [5, 5.41) is 1.23. The van der Waals surface area contributed by atoms with Crippen LogP contribution in [0.5, 0.6) is 0 Å². The third-order valence-electron chi connectivity index (χ3n) is 2.71. The van der Waals surface area contributed by atoms with Gasteiger partial charge in [0.2, 0.25) is 0 Å². The highest BCUT2D eigenvalue weighted by Crippen LogP contribution is 2.45. The number of aromatic nitrogens is 1. The van der Waals surface area contributed by atoms with Crippen molar-refractivity contribution in [2.24, 2.45) is 0 Å². The van der Waals surface area contributed by atoms with Crippen LogP contribution >= 0.6 is 15.9 Å². The summed E-state index contributed by atoms with van der Waals surface area (Å²) in [5.41, 5.74) is 2.34. The monoisotopic (exact) mass is 247 g/mol. The lowest BCUT2D eigenvalue weighted by atomic mass is 10.2. The van der Waals surface area contributed by atoms with E-state index in [-0.39, 0.29) is 0 Å². The lowest BCUT2D eigenvalue weighted by Crippen LogP contribution is -1.88. The van der Waals surface area contributed by atoms with Gasteiger partial charge in [-0.05, 0) is 18.6 Å². The second-order valence-corrected chi connectivity index (χ2v) is 4.96. The topological polar surface area (TPSA) is 12.9 Å². The number of alkyl halides is 1. The van der Waals surface area contributed by atoms with Crippen molar-refractivity contribution in [2.45, 2.75) is 17.2 Å². The molecule has 1 aliphatic carbocycles. The molecule has 1 saturated carbocycles. The summed E-state index contributed by atoms with van der Waals surface area (Å²) in [6.07, 6.45) is 1.23. The van der Waals surface area contributed by atoms with Gasteiger partial charge in [0.15, 0.2) is 0 Å². The molecule has 1 aliphatic rings. The SMILES string of the molecule is BrC1CC1c1ccc2ccccc2n1. The largest absolute Gasteiger partial charge is 0.253 e. The highest BCUT2D eigenvalue weighted by atomic mass is 79.9. The highest BCUT2D eigenvalue weighted by molar-refractivity contribution is 9.09. The Bertz CT molecular complexity index is 480. The minimum absolute atomic E-state index is 0.639. The van der Waals surface area contributed by atoms with Crippen molar-refractivity contribution in [3.8, 4) is 0 Å². The van der Waals surface area contributed by atoms with Crippen LogP contribution in [-0.2, 0) is 0 Å². The fourth-order valence-corrected chi connectivity index (χ4v) is 2.43. The molecule has 14 heavy (non-hydrogen) atoms. The third kappa shape index (κ3) is 1.34. The van der Waals surface area contributed by atoms with Crippen LogP contribution in [0.2, 0.25) is 0 Å². The molecule has 2 heteroatoms. The fourth-order valence-electron chi connectivity index (χ4n) is 1.76. The number of benzene rings is 1. The molecule has 1 aromatic heterocycles. The molecular weight excluding hydrogens is 238 g/mol. The Kier molecular flexibility index (Phi) is 1.84. The van der Waals surface area contributed by atoms with Crippen LogP contribution in [-0.4, -0.2) is 9.81 Å². The minimum Gasteiger partial charge on any atom is -0.253 e. The lowest BCUT2D eigenvalue weighted by molar-refractivity contribution is 1.05. The fraction of sp³-hybridized carbons (Fsp3) is 0.250. The Labute approximate surface area is 91.3 Å². The summed E-state index contributed by atoms with van der Waals surface area (Å²) in [4.78, 5) is 5.31. The zero-order valence-corrected chi connectivity index (χ0v) is 9.24. The summed E-state index contributed by atoms with van der Waals surface area (Å²) in [5.74, 6) is 0.639. The van der Waals surface area contributed by atoms with Crippen molar-refractivity contribution in [1.82, 2.24) is 4.98 Å². The van der Waals surface area contributed by atoms with Crippen LogP contribution in [0, 0.1) is 0 Å². The Morgan fingerprint density at radius 3 is 2.71 bits per heavy atom. The maximum Gasteiger partial charge on any atom is 0.0705 e. The first-order chi connectivity index (χ1) is 6.84. The predicted octanol–water partition coefficient (Wildman–Crippen LogP) is 3.49. The van der Waals surface area contributed by atoms with E-state index in [9.17, 15) is 0 Å². The van der Waals surface area contributed by atoms with E-state index in [4.69, 9.17) is 0 Å². The van der Waals surface area contributed by atoms with Gasteiger partial charge >= 0.3 is 0 Å². The standard InChI is InChI=1S/C12H10BrN/c13-10-7-9(10)12-6-5-8-3-1-2-4-11(8)14-12/h1-6,9-10H,7H2. The average Bonchev–Trinajstić information content (AvgIpc) is 2.95. The van der Waals surface area contributed by atoms with E-state index < -0.39 is 0 Å². The van der Waals surface area contributed by atoms with Gasteiger partial charge < -0.3 is 0 Å². The van der Waals surface area contributed by atoms with Crippen molar-refractivity contribution in [3.05, 3.63) is 42.1 Å². The van der Waals surface area contributed by atoms with Gasteiger partial charge in [-0.3, -0.25) is 4.98 Å².